The lowest BCUT2D eigenvalue weighted by atomic mass is 10.0. The molecule has 0 saturated carbocycles. The first kappa shape index (κ1) is 17.9. The predicted octanol–water partition coefficient (Wildman–Crippen LogP) is 0.374. The number of amides is 2. The van der Waals surface area contributed by atoms with Crippen molar-refractivity contribution in [2.24, 2.45) is 5.92 Å². The first-order valence-electron chi connectivity index (χ1n) is 7.76. The van der Waals surface area contributed by atoms with E-state index in [1.807, 2.05) is 0 Å². The molecule has 0 aromatic carbocycles. The monoisotopic (exact) mass is 299 g/mol. The predicted molar refractivity (Wildman–Crippen MR) is 81.9 cm³/mol. The molecule has 1 rings (SSSR count). The van der Waals surface area contributed by atoms with Crippen molar-refractivity contribution in [1.29, 1.82) is 0 Å². The van der Waals surface area contributed by atoms with Crippen molar-refractivity contribution >= 4 is 11.8 Å². The second kappa shape index (κ2) is 9.00. The lowest BCUT2D eigenvalue weighted by Gasteiger charge is -2.35. The largest absolute Gasteiger partial charge is 0.379 e. The number of nitrogens with zero attached hydrogens (tertiary/aromatic N) is 1. The summed E-state index contributed by atoms with van der Waals surface area (Å²) in [6, 6.07) is -0.172. The van der Waals surface area contributed by atoms with Crippen LogP contribution in [0.4, 0.5) is 0 Å². The van der Waals surface area contributed by atoms with E-state index in [4.69, 9.17) is 4.74 Å². The summed E-state index contributed by atoms with van der Waals surface area (Å²) in [7, 11) is 0. The SMILES string of the molecule is CC(=O)N[C@H](C)C(=O)NC[C@H](CC(C)C)N1CCOCC1. The third kappa shape index (κ3) is 6.91. The molecule has 21 heavy (non-hydrogen) atoms. The summed E-state index contributed by atoms with van der Waals surface area (Å²) in [6.07, 6.45) is 1.04. The van der Waals surface area contributed by atoms with E-state index >= 15 is 0 Å². The quantitative estimate of drug-likeness (QED) is 0.713. The summed E-state index contributed by atoms with van der Waals surface area (Å²) in [5.41, 5.74) is 0. The minimum Gasteiger partial charge on any atom is -0.379 e. The minimum absolute atomic E-state index is 0.132. The number of hydrogen-bond donors (Lipinski definition) is 2. The third-order valence-corrected chi connectivity index (χ3v) is 3.63. The highest BCUT2D eigenvalue weighted by Crippen LogP contribution is 2.13. The molecule has 6 nitrogen and oxygen atoms in total. The van der Waals surface area contributed by atoms with Crippen LogP contribution in [0.2, 0.25) is 0 Å². The van der Waals surface area contributed by atoms with Crippen LogP contribution in [0.3, 0.4) is 0 Å². The Labute approximate surface area is 127 Å². The molecule has 1 aliphatic heterocycles. The van der Waals surface area contributed by atoms with Gasteiger partial charge in [0.1, 0.15) is 6.04 Å². The molecule has 2 amide bonds. The molecule has 0 radical (unpaired) electrons. The number of carbonyl (C=O) groups is 2. The second-order valence-corrected chi connectivity index (χ2v) is 6.10. The molecule has 0 spiro atoms. The topological polar surface area (TPSA) is 70.7 Å². The number of rotatable bonds is 7. The summed E-state index contributed by atoms with van der Waals surface area (Å²) in [4.78, 5) is 25.3. The van der Waals surface area contributed by atoms with E-state index in [2.05, 4.69) is 29.4 Å². The molecule has 1 aliphatic rings. The highest BCUT2D eigenvalue weighted by Gasteiger charge is 2.23. The molecular formula is C15H29N3O3. The summed E-state index contributed by atoms with van der Waals surface area (Å²) in [5.74, 6) is 0.249. The van der Waals surface area contributed by atoms with Crippen molar-refractivity contribution in [2.75, 3.05) is 32.8 Å². The smallest absolute Gasteiger partial charge is 0.242 e. The molecule has 0 bridgehead atoms. The van der Waals surface area contributed by atoms with Gasteiger partial charge in [-0.15, -0.1) is 0 Å². The molecular weight excluding hydrogens is 270 g/mol. The van der Waals surface area contributed by atoms with E-state index in [-0.39, 0.29) is 11.8 Å². The van der Waals surface area contributed by atoms with Gasteiger partial charge in [0.25, 0.3) is 0 Å². The normalized spacial score (nSPS) is 19.1. The van der Waals surface area contributed by atoms with E-state index in [0.717, 1.165) is 32.7 Å². The van der Waals surface area contributed by atoms with Crippen LogP contribution in [0.5, 0.6) is 0 Å². The van der Waals surface area contributed by atoms with Gasteiger partial charge in [0, 0.05) is 32.6 Å². The molecule has 0 aliphatic carbocycles. The first-order valence-corrected chi connectivity index (χ1v) is 7.76. The van der Waals surface area contributed by atoms with Gasteiger partial charge >= 0.3 is 0 Å². The van der Waals surface area contributed by atoms with Crippen molar-refractivity contribution in [3.63, 3.8) is 0 Å². The lowest BCUT2D eigenvalue weighted by molar-refractivity contribution is -0.127. The van der Waals surface area contributed by atoms with Gasteiger partial charge in [0.15, 0.2) is 0 Å². The Morgan fingerprint density at radius 1 is 1.19 bits per heavy atom. The van der Waals surface area contributed by atoms with Crippen molar-refractivity contribution in [2.45, 2.75) is 46.2 Å². The van der Waals surface area contributed by atoms with Crippen molar-refractivity contribution in [1.82, 2.24) is 15.5 Å². The van der Waals surface area contributed by atoms with Gasteiger partial charge in [-0.2, -0.15) is 0 Å². The fourth-order valence-corrected chi connectivity index (χ4v) is 2.59. The third-order valence-electron chi connectivity index (χ3n) is 3.63. The van der Waals surface area contributed by atoms with Crippen LogP contribution in [0.1, 0.15) is 34.1 Å². The fraction of sp³-hybridized carbons (Fsp3) is 0.867. The molecule has 122 valence electrons. The Kier molecular flexibility index (Phi) is 7.67. The van der Waals surface area contributed by atoms with Gasteiger partial charge < -0.3 is 15.4 Å². The maximum absolute atomic E-state index is 12.0. The summed E-state index contributed by atoms with van der Waals surface area (Å²) in [5, 5.41) is 5.56. The van der Waals surface area contributed by atoms with E-state index in [0.29, 0.717) is 18.5 Å². The number of nitrogens with one attached hydrogen (secondary N) is 2. The Bertz CT molecular complexity index is 341. The van der Waals surface area contributed by atoms with Crippen LogP contribution in [0.25, 0.3) is 0 Å². The van der Waals surface area contributed by atoms with E-state index in [1.54, 1.807) is 6.92 Å². The number of hydrogen-bond acceptors (Lipinski definition) is 4. The Morgan fingerprint density at radius 2 is 1.81 bits per heavy atom. The summed E-state index contributed by atoms with van der Waals surface area (Å²) in [6.45, 7) is 11.4. The van der Waals surface area contributed by atoms with Crippen LogP contribution in [0.15, 0.2) is 0 Å². The van der Waals surface area contributed by atoms with Crippen LogP contribution in [-0.2, 0) is 14.3 Å². The molecule has 1 heterocycles. The zero-order chi connectivity index (χ0) is 15.8. The maximum Gasteiger partial charge on any atom is 0.242 e. The zero-order valence-electron chi connectivity index (χ0n) is 13.6. The molecule has 0 unspecified atom stereocenters. The van der Waals surface area contributed by atoms with Crippen molar-refractivity contribution < 1.29 is 14.3 Å². The van der Waals surface area contributed by atoms with Crippen LogP contribution >= 0.6 is 0 Å². The average Bonchev–Trinajstić information content (AvgIpc) is 2.42. The van der Waals surface area contributed by atoms with Gasteiger partial charge in [-0.3, -0.25) is 14.5 Å². The van der Waals surface area contributed by atoms with Crippen LogP contribution in [0, 0.1) is 5.92 Å². The molecule has 1 saturated heterocycles. The van der Waals surface area contributed by atoms with Crippen molar-refractivity contribution in [3.8, 4) is 0 Å². The van der Waals surface area contributed by atoms with Gasteiger partial charge in [-0.1, -0.05) is 13.8 Å². The van der Waals surface area contributed by atoms with Gasteiger partial charge in [0.2, 0.25) is 11.8 Å². The lowest BCUT2D eigenvalue weighted by Crippen LogP contribution is -2.52. The Hall–Kier alpha value is -1.14. The highest BCUT2D eigenvalue weighted by atomic mass is 16.5. The standard InChI is InChI=1S/C15H29N3O3/c1-11(2)9-14(18-5-7-21-8-6-18)10-16-15(20)12(3)17-13(4)19/h11-12,14H,5-10H2,1-4H3,(H,16,20)(H,17,19)/t12-,14+/m1/s1. The fourth-order valence-electron chi connectivity index (χ4n) is 2.59. The average molecular weight is 299 g/mol. The molecule has 6 heteroatoms. The molecule has 0 aromatic heterocycles. The maximum atomic E-state index is 12.0. The Morgan fingerprint density at radius 3 is 2.33 bits per heavy atom. The second-order valence-electron chi connectivity index (χ2n) is 6.10. The molecule has 0 aromatic rings. The first-order chi connectivity index (χ1) is 9.90. The highest BCUT2D eigenvalue weighted by molar-refractivity contribution is 5.86. The Balaban J connectivity index is 2.48. The summed E-state index contributed by atoms with van der Waals surface area (Å²) >= 11 is 0. The molecule has 1 fully saturated rings. The number of carbonyl (C=O) groups excluding carboxylic acids is 2. The van der Waals surface area contributed by atoms with Gasteiger partial charge in [-0.05, 0) is 19.3 Å². The zero-order valence-corrected chi connectivity index (χ0v) is 13.6. The van der Waals surface area contributed by atoms with E-state index < -0.39 is 6.04 Å². The van der Waals surface area contributed by atoms with Crippen molar-refractivity contribution in [3.05, 3.63) is 0 Å². The van der Waals surface area contributed by atoms with E-state index in [9.17, 15) is 9.59 Å². The van der Waals surface area contributed by atoms with Crippen LogP contribution in [-0.4, -0.2) is 61.6 Å². The summed E-state index contributed by atoms with van der Waals surface area (Å²) < 4.78 is 5.39. The van der Waals surface area contributed by atoms with Crippen LogP contribution < -0.4 is 10.6 Å². The molecule has 2 atom stereocenters. The number of morpholine rings is 1. The van der Waals surface area contributed by atoms with Gasteiger partial charge in [-0.25, -0.2) is 0 Å². The van der Waals surface area contributed by atoms with E-state index in [1.165, 1.54) is 6.92 Å². The number of ether oxygens (including phenoxy) is 1. The minimum atomic E-state index is -0.494. The molecule has 2 N–H and O–H groups in total. The van der Waals surface area contributed by atoms with Gasteiger partial charge in [0.05, 0.1) is 13.2 Å².